The Kier molecular flexibility index (Phi) is 7.25. The Hall–Kier alpha value is -2.08. The summed E-state index contributed by atoms with van der Waals surface area (Å²) in [5.74, 6) is -0.370. The number of aryl methyl sites for hydroxylation is 1. The van der Waals surface area contributed by atoms with E-state index in [2.05, 4.69) is 5.32 Å². The maximum absolute atomic E-state index is 11.7. The van der Waals surface area contributed by atoms with Crippen LogP contribution in [0.4, 0.5) is 0 Å². The number of carbonyl (C=O) groups excluding carboxylic acids is 2. The van der Waals surface area contributed by atoms with Crippen molar-refractivity contribution < 1.29 is 23.8 Å². The van der Waals surface area contributed by atoms with E-state index >= 15 is 0 Å². The van der Waals surface area contributed by atoms with Crippen molar-refractivity contribution in [3.05, 3.63) is 29.8 Å². The number of benzene rings is 1. The van der Waals surface area contributed by atoms with Gasteiger partial charge < -0.3 is 19.5 Å². The average Bonchev–Trinajstić information content (AvgIpc) is 2.45. The maximum Gasteiger partial charge on any atom is 0.347 e. The highest BCUT2D eigenvalue weighted by Crippen LogP contribution is 2.14. The zero-order chi connectivity index (χ0) is 15.7. The molecule has 1 rings (SSSR count). The number of carbonyl (C=O) groups is 2. The molecule has 21 heavy (non-hydrogen) atoms. The molecule has 116 valence electrons. The van der Waals surface area contributed by atoms with Crippen molar-refractivity contribution in [1.82, 2.24) is 5.32 Å². The second kappa shape index (κ2) is 8.97. The van der Waals surface area contributed by atoms with Crippen LogP contribution in [0, 0.1) is 6.92 Å². The Morgan fingerprint density at radius 2 is 2.10 bits per heavy atom. The molecule has 1 aromatic rings. The first-order valence-corrected chi connectivity index (χ1v) is 6.68. The number of esters is 1. The summed E-state index contributed by atoms with van der Waals surface area (Å²) in [5.41, 5.74) is 1.03. The Balaban J connectivity index is 2.32. The maximum atomic E-state index is 11.7. The summed E-state index contributed by atoms with van der Waals surface area (Å²) < 4.78 is 15.1. The van der Waals surface area contributed by atoms with Gasteiger partial charge >= 0.3 is 5.97 Å². The number of hydrogen-bond donors (Lipinski definition) is 1. The molecule has 0 saturated heterocycles. The van der Waals surface area contributed by atoms with Crippen LogP contribution in [0.25, 0.3) is 0 Å². The number of methoxy groups -OCH3 is 1. The highest BCUT2D eigenvalue weighted by Gasteiger charge is 2.17. The third-order valence-corrected chi connectivity index (χ3v) is 2.61. The van der Waals surface area contributed by atoms with Crippen molar-refractivity contribution in [2.45, 2.75) is 20.0 Å². The van der Waals surface area contributed by atoms with Gasteiger partial charge in [-0.05, 0) is 31.5 Å². The van der Waals surface area contributed by atoms with Gasteiger partial charge in [0.2, 0.25) is 0 Å². The molecule has 1 N–H and O–H groups in total. The normalized spacial score (nSPS) is 11.6. The summed E-state index contributed by atoms with van der Waals surface area (Å²) in [6.45, 7) is 3.96. The van der Waals surface area contributed by atoms with E-state index in [1.165, 1.54) is 7.11 Å². The first kappa shape index (κ1) is 17.0. The lowest BCUT2D eigenvalue weighted by molar-refractivity contribution is -0.154. The summed E-state index contributed by atoms with van der Waals surface area (Å²) in [5, 5.41) is 2.55. The quantitative estimate of drug-likeness (QED) is 0.573. The van der Waals surface area contributed by atoms with Gasteiger partial charge in [0.05, 0.1) is 6.61 Å². The third kappa shape index (κ3) is 6.76. The number of nitrogens with one attached hydrogen (secondary N) is 1. The van der Waals surface area contributed by atoms with Crippen molar-refractivity contribution in [3.8, 4) is 5.75 Å². The lowest BCUT2D eigenvalue weighted by Gasteiger charge is -2.14. The molecular weight excluding hydrogens is 274 g/mol. The Morgan fingerprint density at radius 1 is 1.33 bits per heavy atom. The topological polar surface area (TPSA) is 73.9 Å². The van der Waals surface area contributed by atoms with Gasteiger partial charge in [-0.25, -0.2) is 4.79 Å². The van der Waals surface area contributed by atoms with E-state index in [1.807, 2.05) is 25.1 Å². The summed E-state index contributed by atoms with van der Waals surface area (Å²) in [7, 11) is 1.54. The third-order valence-electron chi connectivity index (χ3n) is 2.61. The van der Waals surface area contributed by atoms with Gasteiger partial charge in [0.15, 0.2) is 12.7 Å². The minimum absolute atomic E-state index is 0.329. The van der Waals surface area contributed by atoms with E-state index < -0.39 is 12.1 Å². The molecule has 1 aromatic carbocycles. The van der Waals surface area contributed by atoms with Crippen LogP contribution >= 0.6 is 0 Å². The van der Waals surface area contributed by atoms with E-state index in [9.17, 15) is 9.59 Å². The Labute approximate surface area is 124 Å². The van der Waals surface area contributed by atoms with Gasteiger partial charge in [0.25, 0.3) is 5.91 Å². The fourth-order valence-corrected chi connectivity index (χ4v) is 1.54. The molecule has 0 aliphatic carbocycles. The molecule has 0 aliphatic heterocycles. The molecule has 0 saturated carbocycles. The number of hydrogen-bond acceptors (Lipinski definition) is 5. The lowest BCUT2D eigenvalue weighted by Crippen LogP contribution is -2.34. The van der Waals surface area contributed by atoms with Gasteiger partial charge in [-0.2, -0.15) is 0 Å². The smallest absolute Gasteiger partial charge is 0.347 e. The van der Waals surface area contributed by atoms with Crippen LogP contribution in [0.15, 0.2) is 24.3 Å². The van der Waals surface area contributed by atoms with Crippen LogP contribution in [0.5, 0.6) is 5.75 Å². The molecule has 6 nitrogen and oxygen atoms in total. The zero-order valence-electron chi connectivity index (χ0n) is 12.5. The number of rotatable bonds is 8. The summed E-state index contributed by atoms with van der Waals surface area (Å²) in [4.78, 5) is 23.1. The van der Waals surface area contributed by atoms with Gasteiger partial charge in [0, 0.05) is 13.7 Å². The molecule has 0 spiro atoms. The highest BCUT2D eigenvalue weighted by atomic mass is 16.6. The molecule has 0 heterocycles. The Bertz CT molecular complexity index is 475. The van der Waals surface area contributed by atoms with Crippen molar-refractivity contribution in [2.75, 3.05) is 26.9 Å². The lowest BCUT2D eigenvalue weighted by atomic mass is 10.2. The molecular formula is C15H21NO5. The molecule has 0 fully saturated rings. The van der Waals surface area contributed by atoms with Gasteiger partial charge in [-0.3, -0.25) is 4.79 Å². The van der Waals surface area contributed by atoms with Crippen molar-refractivity contribution in [1.29, 1.82) is 0 Å². The SMILES string of the molecule is COCCNC(=O)COC(=O)[C@@H](C)Oc1cccc(C)c1. The van der Waals surface area contributed by atoms with E-state index in [0.29, 0.717) is 18.9 Å². The van der Waals surface area contributed by atoms with E-state index in [1.54, 1.807) is 13.0 Å². The van der Waals surface area contributed by atoms with E-state index in [4.69, 9.17) is 14.2 Å². The largest absolute Gasteiger partial charge is 0.479 e. The number of ether oxygens (including phenoxy) is 3. The van der Waals surface area contributed by atoms with Crippen LogP contribution < -0.4 is 10.1 Å². The predicted molar refractivity (Wildman–Crippen MR) is 77.1 cm³/mol. The van der Waals surface area contributed by atoms with E-state index in [-0.39, 0.29) is 12.5 Å². The van der Waals surface area contributed by atoms with Crippen LogP contribution in [0.1, 0.15) is 12.5 Å². The van der Waals surface area contributed by atoms with Gasteiger partial charge in [0.1, 0.15) is 5.75 Å². The highest BCUT2D eigenvalue weighted by molar-refractivity contribution is 5.81. The molecule has 0 unspecified atom stereocenters. The predicted octanol–water partition coefficient (Wildman–Crippen LogP) is 1.07. The summed E-state index contributed by atoms with van der Waals surface area (Å²) in [6.07, 6.45) is -0.779. The minimum atomic E-state index is -0.779. The Morgan fingerprint density at radius 3 is 2.76 bits per heavy atom. The van der Waals surface area contributed by atoms with Crippen LogP contribution in [-0.4, -0.2) is 44.8 Å². The molecule has 0 aliphatic rings. The standard InChI is InChI=1S/C15H21NO5/c1-11-5-4-6-13(9-11)21-12(2)15(18)20-10-14(17)16-7-8-19-3/h4-6,9,12H,7-8,10H2,1-3H3,(H,16,17)/t12-/m1/s1. The van der Waals surface area contributed by atoms with Crippen molar-refractivity contribution in [2.24, 2.45) is 0 Å². The molecule has 6 heteroatoms. The monoisotopic (exact) mass is 295 g/mol. The first-order valence-electron chi connectivity index (χ1n) is 6.68. The molecule has 0 bridgehead atoms. The first-order chi connectivity index (χ1) is 10.0. The molecule has 0 radical (unpaired) electrons. The summed E-state index contributed by atoms with van der Waals surface area (Å²) in [6, 6.07) is 7.35. The van der Waals surface area contributed by atoms with Gasteiger partial charge in [-0.15, -0.1) is 0 Å². The van der Waals surface area contributed by atoms with Gasteiger partial charge in [-0.1, -0.05) is 12.1 Å². The second-order valence-electron chi connectivity index (χ2n) is 4.53. The fraction of sp³-hybridized carbons (Fsp3) is 0.467. The average molecular weight is 295 g/mol. The fourth-order valence-electron chi connectivity index (χ4n) is 1.54. The molecule has 0 aromatic heterocycles. The van der Waals surface area contributed by atoms with Crippen molar-refractivity contribution >= 4 is 11.9 Å². The zero-order valence-corrected chi connectivity index (χ0v) is 12.5. The van der Waals surface area contributed by atoms with Crippen LogP contribution in [0.2, 0.25) is 0 Å². The van der Waals surface area contributed by atoms with Crippen molar-refractivity contribution in [3.63, 3.8) is 0 Å². The summed E-state index contributed by atoms with van der Waals surface area (Å²) >= 11 is 0. The van der Waals surface area contributed by atoms with E-state index in [0.717, 1.165) is 5.56 Å². The van der Waals surface area contributed by atoms with Crippen LogP contribution in [0.3, 0.4) is 0 Å². The second-order valence-corrected chi connectivity index (χ2v) is 4.53. The molecule has 1 atom stereocenters. The molecule has 1 amide bonds. The minimum Gasteiger partial charge on any atom is -0.479 e. The van der Waals surface area contributed by atoms with Crippen LogP contribution in [-0.2, 0) is 19.1 Å². The number of amides is 1.